The van der Waals surface area contributed by atoms with Gasteiger partial charge in [0.1, 0.15) is 12.7 Å². The van der Waals surface area contributed by atoms with Gasteiger partial charge in [-0.3, -0.25) is 0 Å². The van der Waals surface area contributed by atoms with Gasteiger partial charge in [0.2, 0.25) is 0 Å². The van der Waals surface area contributed by atoms with Crippen LogP contribution in [0.25, 0.3) is 0 Å². The monoisotopic (exact) mass is 272 g/mol. The molecule has 1 aromatic rings. The zero-order chi connectivity index (χ0) is 11.3. The van der Waals surface area contributed by atoms with Gasteiger partial charge in [0.25, 0.3) is 0 Å². The van der Waals surface area contributed by atoms with Crippen LogP contribution in [0, 0.1) is 0 Å². The van der Waals surface area contributed by atoms with Gasteiger partial charge < -0.3 is 9.47 Å². The molecule has 0 aromatic heterocycles. The summed E-state index contributed by atoms with van der Waals surface area (Å²) in [6, 6.07) is 5.82. The van der Waals surface area contributed by atoms with E-state index < -0.39 is 0 Å². The van der Waals surface area contributed by atoms with E-state index in [0.717, 1.165) is 22.4 Å². The topological polar surface area (TPSA) is 18.5 Å². The molecule has 1 heterocycles. The number of benzene rings is 1. The molecule has 0 bridgehead atoms. The second kappa shape index (κ2) is 6.01. The number of rotatable bonds is 1. The van der Waals surface area contributed by atoms with Gasteiger partial charge in [-0.25, -0.2) is 0 Å². The highest BCUT2D eigenvalue weighted by Crippen LogP contribution is 2.34. The minimum Gasteiger partial charge on any atom is -0.486 e. The fourth-order valence-electron chi connectivity index (χ4n) is 1.29. The zero-order valence-corrected chi connectivity index (χ0v) is 11.0. The molecule has 0 aliphatic carbocycles. The third kappa shape index (κ3) is 3.13. The Morgan fingerprint density at radius 2 is 2.07 bits per heavy atom. The summed E-state index contributed by atoms with van der Waals surface area (Å²) in [6.45, 7) is 6.75. The Balaban J connectivity index is 0.000000531. The Labute approximate surface area is 99.7 Å². The van der Waals surface area contributed by atoms with E-state index in [-0.39, 0.29) is 6.10 Å². The van der Waals surface area contributed by atoms with Gasteiger partial charge in [-0.15, -0.1) is 0 Å². The Kier molecular flexibility index (Phi) is 4.95. The molecule has 0 saturated heterocycles. The fourth-order valence-corrected chi connectivity index (χ4v) is 1.63. The summed E-state index contributed by atoms with van der Waals surface area (Å²) in [5.41, 5.74) is 0. The highest BCUT2D eigenvalue weighted by Gasteiger charge is 2.18. The smallest absolute Gasteiger partial charge is 0.162 e. The molecule has 1 unspecified atom stereocenters. The zero-order valence-electron chi connectivity index (χ0n) is 9.42. The van der Waals surface area contributed by atoms with Crippen LogP contribution in [-0.4, -0.2) is 12.7 Å². The third-order valence-electron chi connectivity index (χ3n) is 2.08. The molecule has 15 heavy (non-hydrogen) atoms. The standard InChI is InChI=1S/C10H11BrO2.C2H6/c1-2-8-6-12-9-4-3-7(11)5-10(9)13-8;1-2/h3-5,8H,2,6H2,1H3;1-2H3. The van der Waals surface area contributed by atoms with Crippen molar-refractivity contribution in [2.75, 3.05) is 6.61 Å². The van der Waals surface area contributed by atoms with E-state index in [9.17, 15) is 0 Å². The summed E-state index contributed by atoms with van der Waals surface area (Å²) in [6.07, 6.45) is 1.17. The molecule has 1 aliphatic heterocycles. The first-order valence-electron chi connectivity index (χ1n) is 5.38. The predicted molar refractivity (Wildman–Crippen MR) is 65.7 cm³/mol. The Morgan fingerprint density at radius 3 is 2.73 bits per heavy atom. The van der Waals surface area contributed by atoms with Crippen LogP contribution in [0.4, 0.5) is 0 Å². The van der Waals surface area contributed by atoms with Crippen molar-refractivity contribution in [3.8, 4) is 11.5 Å². The lowest BCUT2D eigenvalue weighted by molar-refractivity contribution is 0.0883. The number of fused-ring (bicyclic) bond motifs is 1. The van der Waals surface area contributed by atoms with Crippen LogP contribution in [-0.2, 0) is 0 Å². The van der Waals surface area contributed by atoms with E-state index in [2.05, 4.69) is 22.9 Å². The molecule has 2 nitrogen and oxygen atoms in total. The molecule has 0 amide bonds. The number of hydrogen-bond donors (Lipinski definition) is 0. The van der Waals surface area contributed by atoms with Crippen molar-refractivity contribution in [2.24, 2.45) is 0 Å². The van der Waals surface area contributed by atoms with E-state index in [0.29, 0.717) is 6.61 Å². The van der Waals surface area contributed by atoms with Crippen molar-refractivity contribution in [1.82, 2.24) is 0 Å². The molecule has 3 heteroatoms. The molecule has 1 atom stereocenters. The molecule has 0 saturated carbocycles. The fraction of sp³-hybridized carbons (Fsp3) is 0.500. The molecule has 84 valence electrons. The largest absolute Gasteiger partial charge is 0.486 e. The van der Waals surface area contributed by atoms with Gasteiger partial charge in [-0.2, -0.15) is 0 Å². The van der Waals surface area contributed by atoms with Crippen molar-refractivity contribution in [2.45, 2.75) is 33.3 Å². The van der Waals surface area contributed by atoms with Crippen molar-refractivity contribution >= 4 is 15.9 Å². The Bertz CT molecular complexity index is 312. The first-order valence-corrected chi connectivity index (χ1v) is 6.18. The lowest BCUT2D eigenvalue weighted by Crippen LogP contribution is -2.28. The van der Waals surface area contributed by atoms with Gasteiger partial charge >= 0.3 is 0 Å². The van der Waals surface area contributed by atoms with Crippen molar-refractivity contribution in [1.29, 1.82) is 0 Å². The lowest BCUT2D eigenvalue weighted by Gasteiger charge is -2.25. The maximum absolute atomic E-state index is 5.71. The van der Waals surface area contributed by atoms with Crippen LogP contribution in [0.2, 0.25) is 0 Å². The SMILES string of the molecule is CC.CCC1COc2ccc(Br)cc2O1. The van der Waals surface area contributed by atoms with E-state index in [1.54, 1.807) is 0 Å². The molecule has 0 spiro atoms. The second-order valence-corrected chi connectivity index (χ2v) is 3.97. The van der Waals surface area contributed by atoms with Crippen molar-refractivity contribution < 1.29 is 9.47 Å². The van der Waals surface area contributed by atoms with Gasteiger partial charge in [0.05, 0.1) is 0 Å². The Morgan fingerprint density at radius 1 is 1.33 bits per heavy atom. The van der Waals surface area contributed by atoms with Crippen LogP contribution in [0.1, 0.15) is 27.2 Å². The second-order valence-electron chi connectivity index (χ2n) is 3.05. The Hall–Kier alpha value is -0.700. The van der Waals surface area contributed by atoms with Crippen LogP contribution < -0.4 is 9.47 Å². The summed E-state index contributed by atoms with van der Waals surface area (Å²) in [7, 11) is 0. The van der Waals surface area contributed by atoms with E-state index >= 15 is 0 Å². The van der Waals surface area contributed by atoms with Crippen LogP contribution in [0.5, 0.6) is 11.5 Å². The highest BCUT2D eigenvalue weighted by atomic mass is 79.9. The number of hydrogen-bond acceptors (Lipinski definition) is 2. The highest BCUT2D eigenvalue weighted by molar-refractivity contribution is 9.10. The maximum Gasteiger partial charge on any atom is 0.162 e. The summed E-state index contributed by atoms with van der Waals surface area (Å²) >= 11 is 3.40. The minimum atomic E-state index is 0.196. The quantitative estimate of drug-likeness (QED) is 0.769. The van der Waals surface area contributed by atoms with Gasteiger partial charge in [0, 0.05) is 4.47 Å². The molecule has 0 fully saturated rings. The van der Waals surface area contributed by atoms with E-state index in [4.69, 9.17) is 9.47 Å². The molecular weight excluding hydrogens is 256 g/mol. The third-order valence-corrected chi connectivity index (χ3v) is 2.57. The normalized spacial score (nSPS) is 17.7. The first-order chi connectivity index (χ1) is 7.29. The summed E-state index contributed by atoms with van der Waals surface area (Å²) in [4.78, 5) is 0. The van der Waals surface area contributed by atoms with Gasteiger partial charge in [0.15, 0.2) is 11.5 Å². The molecular formula is C12H17BrO2. The van der Waals surface area contributed by atoms with Crippen molar-refractivity contribution in [3.05, 3.63) is 22.7 Å². The summed E-state index contributed by atoms with van der Waals surface area (Å²) < 4.78 is 12.3. The maximum atomic E-state index is 5.71. The average molecular weight is 273 g/mol. The number of halogens is 1. The van der Waals surface area contributed by atoms with Crippen LogP contribution in [0.15, 0.2) is 22.7 Å². The summed E-state index contributed by atoms with van der Waals surface area (Å²) in [5, 5.41) is 0. The lowest BCUT2D eigenvalue weighted by atomic mass is 10.2. The molecule has 1 aromatic carbocycles. The first kappa shape index (κ1) is 12.4. The van der Waals surface area contributed by atoms with E-state index in [1.807, 2.05) is 32.0 Å². The average Bonchev–Trinajstić information content (AvgIpc) is 2.30. The minimum absolute atomic E-state index is 0.196. The predicted octanol–water partition coefficient (Wildman–Crippen LogP) is 4.03. The van der Waals surface area contributed by atoms with Crippen LogP contribution >= 0.6 is 15.9 Å². The molecule has 2 rings (SSSR count). The van der Waals surface area contributed by atoms with Gasteiger partial charge in [-0.1, -0.05) is 36.7 Å². The van der Waals surface area contributed by atoms with Crippen LogP contribution in [0.3, 0.4) is 0 Å². The van der Waals surface area contributed by atoms with Gasteiger partial charge in [-0.05, 0) is 24.6 Å². The molecule has 0 N–H and O–H groups in total. The molecule has 1 aliphatic rings. The number of ether oxygens (including phenoxy) is 2. The van der Waals surface area contributed by atoms with E-state index in [1.165, 1.54) is 0 Å². The molecule has 0 radical (unpaired) electrons. The summed E-state index contributed by atoms with van der Waals surface area (Å²) in [5.74, 6) is 1.68. The van der Waals surface area contributed by atoms with Crippen molar-refractivity contribution in [3.63, 3.8) is 0 Å².